The van der Waals surface area contributed by atoms with Crippen molar-refractivity contribution in [2.24, 2.45) is 0 Å². The lowest BCUT2D eigenvalue weighted by atomic mass is 10.2. The summed E-state index contributed by atoms with van der Waals surface area (Å²) in [7, 11) is 0. The Morgan fingerprint density at radius 1 is 1.10 bits per heavy atom. The fraction of sp³-hybridized carbons (Fsp3) is 0.267. The monoisotopic (exact) mass is 271 g/mol. The predicted octanol–water partition coefficient (Wildman–Crippen LogP) is 1.82. The lowest BCUT2D eigenvalue weighted by molar-refractivity contribution is 0.0746. The standard InChI is InChI=1S/C15H17N3O2/c16-13-3-1-2-4-14(13)17-6-8-18(9-7-17)15(19)12-5-10-20-11-12/h1-5,10-11H,6-9,16H2. The molecule has 20 heavy (non-hydrogen) atoms. The summed E-state index contributed by atoms with van der Waals surface area (Å²) in [6.07, 6.45) is 3.01. The molecule has 104 valence electrons. The second-order valence-electron chi connectivity index (χ2n) is 4.85. The molecule has 0 saturated carbocycles. The van der Waals surface area contributed by atoms with Gasteiger partial charge in [-0.1, -0.05) is 12.1 Å². The second kappa shape index (κ2) is 5.28. The molecule has 1 aromatic carbocycles. The zero-order valence-corrected chi connectivity index (χ0v) is 11.2. The number of rotatable bonds is 2. The Balaban J connectivity index is 1.65. The third-order valence-electron chi connectivity index (χ3n) is 3.61. The number of nitrogens with two attached hydrogens (primary N) is 1. The maximum absolute atomic E-state index is 12.2. The Kier molecular flexibility index (Phi) is 3.33. The molecule has 1 aliphatic rings. The van der Waals surface area contributed by atoms with E-state index in [1.807, 2.05) is 29.2 Å². The van der Waals surface area contributed by atoms with Gasteiger partial charge >= 0.3 is 0 Å². The van der Waals surface area contributed by atoms with Crippen LogP contribution in [0.5, 0.6) is 0 Å². The molecule has 1 saturated heterocycles. The minimum atomic E-state index is 0.0273. The van der Waals surface area contributed by atoms with Crippen molar-refractivity contribution in [1.29, 1.82) is 0 Å². The van der Waals surface area contributed by atoms with Gasteiger partial charge in [-0.05, 0) is 18.2 Å². The van der Waals surface area contributed by atoms with Gasteiger partial charge in [-0.2, -0.15) is 0 Å². The zero-order valence-electron chi connectivity index (χ0n) is 11.2. The van der Waals surface area contributed by atoms with Crippen LogP contribution in [0.2, 0.25) is 0 Å². The van der Waals surface area contributed by atoms with Crippen molar-refractivity contribution in [2.45, 2.75) is 0 Å². The fourth-order valence-electron chi connectivity index (χ4n) is 2.49. The van der Waals surface area contributed by atoms with Gasteiger partial charge in [0.2, 0.25) is 0 Å². The van der Waals surface area contributed by atoms with E-state index in [2.05, 4.69) is 4.90 Å². The van der Waals surface area contributed by atoms with Crippen LogP contribution >= 0.6 is 0 Å². The minimum absolute atomic E-state index is 0.0273. The molecule has 3 rings (SSSR count). The zero-order chi connectivity index (χ0) is 13.9. The first-order valence-electron chi connectivity index (χ1n) is 6.66. The number of hydrogen-bond donors (Lipinski definition) is 1. The molecule has 2 aromatic rings. The molecular formula is C15H17N3O2. The van der Waals surface area contributed by atoms with Gasteiger partial charge in [0, 0.05) is 26.2 Å². The Morgan fingerprint density at radius 3 is 2.50 bits per heavy atom. The van der Waals surface area contributed by atoms with E-state index in [0.29, 0.717) is 18.7 Å². The number of carbonyl (C=O) groups is 1. The van der Waals surface area contributed by atoms with Gasteiger partial charge in [-0.3, -0.25) is 4.79 Å². The molecule has 1 aromatic heterocycles. The van der Waals surface area contributed by atoms with Crippen LogP contribution in [0.25, 0.3) is 0 Å². The summed E-state index contributed by atoms with van der Waals surface area (Å²) >= 11 is 0. The highest BCUT2D eigenvalue weighted by Crippen LogP contribution is 2.23. The predicted molar refractivity (Wildman–Crippen MR) is 77.7 cm³/mol. The molecule has 0 spiro atoms. The van der Waals surface area contributed by atoms with Crippen LogP contribution in [0.1, 0.15) is 10.4 Å². The van der Waals surface area contributed by atoms with Crippen molar-refractivity contribution in [3.05, 3.63) is 48.4 Å². The van der Waals surface area contributed by atoms with Crippen molar-refractivity contribution in [2.75, 3.05) is 36.8 Å². The van der Waals surface area contributed by atoms with E-state index in [1.54, 1.807) is 6.07 Å². The normalized spacial score (nSPS) is 15.4. The average Bonchev–Trinajstić information content (AvgIpc) is 3.01. The van der Waals surface area contributed by atoms with Crippen LogP contribution in [0, 0.1) is 0 Å². The summed E-state index contributed by atoms with van der Waals surface area (Å²) in [5.41, 5.74) is 8.42. The first-order valence-corrected chi connectivity index (χ1v) is 6.66. The van der Waals surface area contributed by atoms with E-state index in [4.69, 9.17) is 10.2 Å². The summed E-state index contributed by atoms with van der Waals surface area (Å²) in [4.78, 5) is 16.3. The van der Waals surface area contributed by atoms with Gasteiger partial charge in [-0.25, -0.2) is 0 Å². The molecule has 2 heterocycles. The van der Waals surface area contributed by atoms with E-state index in [0.717, 1.165) is 24.5 Å². The van der Waals surface area contributed by atoms with Gasteiger partial charge in [-0.15, -0.1) is 0 Å². The highest BCUT2D eigenvalue weighted by atomic mass is 16.3. The van der Waals surface area contributed by atoms with Crippen molar-refractivity contribution in [3.8, 4) is 0 Å². The Morgan fingerprint density at radius 2 is 1.85 bits per heavy atom. The molecule has 0 bridgehead atoms. The molecule has 1 aliphatic heterocycles. The van der Waals surface area contributed by atoms with Crippen LogP contribution in [-0.2, 0) is 0 Å². The molecule has 0 aliphatic carbocycles. The maximum atomic E-state index is 12.2. The molecule has 5 nitrogen and oxygen atoms in total. The quantitative estimate of drug-likeness (QED) is 0.846. The van der Waals surface area contributed by atoms with Crippen LogP contribution in [0.4, 0.5) is 11.4 Å². The number of amides is 1. The van der Waals surface area contributed by atoms with Gasteiger partial charge < -0.3 is 20.0 Å². The maximum Gasteiger partial charge on any atom is 0.257 e. The molecule has 5 heteroatoms. The molecule has 0 radical (unpaired) electrons. The Hall–Kier alpha value is -2.43. The number of piperazine rings is 1. The SMILES string of the molecule is Nc1ccccc1N1CCN(C(=O)c2ccoc2)CC1. The van der Waals surface area contributed by atoms with E-state index in [1.165, 1.54) is 12.5 Å². The third-order valence-corrected chi connectivity index (χ3v) is 3.61. The molecular weight excluding hydrogens is 254 g/mol. The second-order valence-corrected chi connectivity index (χ2v) is 4.85. The lowest BCUT2D eigenvalue weighted by Gasteiger charge is -2.36. The van der Waals surface area contributed by atoms with Gasteiger partial charge in [0.25, 0.3) is 5.91 Å². The number of hydrogen-bond acceptors (Lipinski definition) is 4. The van der Waals surface area contributed by atoms with Gasteiger partial charge in [0.15, 0.2) is 0 Å². The first-order chi connectivity index (χ1) is 9.75. The number of nitrogens with zero attached hydrogens (tertiary/aromatic N) is 2. The summed E-state index contributed by atoms with van der Waals surface area (Å²) in [6, 6.07) is 9.53. The van der Waals surface area contributed by atoms with Gasteiger partial charge in [0.05, 0.1) is 23.2 Å². The van der Waals surface area contributed by atoms with Crippen molar-refractivity contribution >= 4 is 17.3 Å². The van der Waals surface area contributed by atoms with E-state index in [-0.39, 0.29) is 5.91 Å². The lowest BCUT2D eigenvalue weighted by Crippen LogP contribution is -2.48. The Labute approximate surface area is 117 Å². The summed E-state index contributed by atoms with van der Waals surface area (Å²) in [6.45, 7) is 2.96. The minimum Gasteiger partial charge on any atom is -0.472 e. The number of carbonyl (C=O) groups excluding carboxylic acids is 1. The summed E-state index contributed by atoms with van der Waals surface area (Å²) < 4.78 is 4.96. The largest absolute Gasteiger partial charge is 0.472 e. The number of nitrogen functional groups attached to an aromatic ring is 1. The first kappa shape index (κ1) is 12.6. The fourth-order valence-corrected chi connectivity index (χ4v) is 2.49. The van der Waals surface area contributed by atoms with Crippen LogP contribution < -0.4 is 10.6 Å². The van der Waals surface area contributed by atoms with E-state index < -0.39 is 0 Å². The highest BCUT2D eigenvalue weighted by Gasteiger charge is 2.23. The number of furan rings is 1. The van der Waals surface area contributed by atoms with Crippen molar-refractivity contribution in [3.63, 3.8) is 0 Å². The number of anilines is 2. The Bertz CT molecular complexity index is 587. The van der Waals surface area contributed by atoms with E-state index >= 15 is 0 Å². The average molecular weight is 271 g/mol. The van der Waals surface area contributed by atoms with Crippen LogP contribution in [0.3, 0.4) is 0 Å². The molecule has 0 atom stereocenters. The van der Waals surface area contributed by atoms with Crippen LogP contribution in [0.15, 0.2) is 47.3 Å². The summed E-state index contributed by atoms with van der Waals surface area (Å²) in [5, 5.41) is 0. The third kappa shape index (κ3) is 2.34. The van der Waals surface area contributed by atoms with Gasteiger partial charge in [0.1, 0.15) is 6.26 Å². The number of para-hydroxylation sites is 2. The molecule has 2 N–H and O–H groups in total. The molecule has 0 unspecified atom stereocenters. The molecule has 1 fully saturated rings. The van der Waals surface area contributed by atoms with Crippen molar-refractivity contribution < 1.29 is 9.21 Å². The van der Waals surface area contributed by atoms with Crippen molar-refractivity contribution in [1.82, 2.24) is 4.90 Å². The van der Waals surface area contributed by atoms with E-state index in [9.17, 15) is 4.79 Å². The summed E-state index contributed by atoms with van der Waals surface area (Å²) in [5.74, 6) is 0.0273. The number of benzene rings is 1. The smallest absolute Gasteiger partial charge is 0.257 e. The molecule has 1 amide bonds. The highest BCUT2D eigenvalue weighted by molar-refractivity contribution is 5.94. The topological polar surface area (TPSA) is 62.7 Å². The van der Waals surface area contributed by atoms with Crippen LogP contribution in [-0.4, -0.2) is 37.0 Å².